The predicted octanol–water partition coefficient (Wildman–Crippen LogP) is 17.0. The maximum absolute atomic E-state index is 18.8. The molecule has 4 aromatic heterocycles. The molecule has 0 saturated carbocycles. The Morgan fingerprint density at radius 3 is 1.92 bits per heavy atom. The zero-order chi connectivity index (χ0) is 71.6. The van der Waals surface area contributed by atoms with E-state index < -0.39 is 52.8 Å². The fourth-order valence-electron chi connectivity index (χ4n) is 13.8. The summed E-state index contributed by atoms with van der Waals surface area (Å²) in [5.41, 5.74) is 17.7. The van der Waals surface area contributed by atoms with Crippen LogP contribution in [0.5, 0.6) is 0 Å². The van der Waals surface area contributed by atoms with Crippen LogP contribution in [0.3, 0.4) is 0 Å². The molecule has 13 rings (SSSR count). The Balaban J connectivity index is 1.16. The highest BCUT2D eigenvalue weighted by Crippen LogP contribution is 2.53. The lowest BCUT2D eigenvalue weighted by molar-refractivity contribution is -0.118. The van der Waals surface area contributed by atoms with Crippen molar-refractivity contribution in [3.8, 4) is 33.5 Å². The van der Waals surface area contributed by atoms with Gasteiger partial charge in [0.25, 0.3) is 0 Å². The number of amides is 1. The predicted molar refractivity (Wildman–Crippen MR) is 401 cm³/mol. The van der Waals surface area contributed by atoms with Crippen LogP contribution in [0.15, 0.2) is 279 Å². The Morgan fingerprint density at radius 1 is 0.612 bits per heavy atom. The van der Waals surface area contributed by atoms with Crippen molar-refractivity contribution in [2.45, 2.75) is 63.7 Å². The van der Waals surface area contributed by atoms with Gasteiger partial charge in [0.05, 0.1) is 28.8 Å². The number of aryl methyl sites for hydroxylation is 1. The average Bonchev–Trinajstić information content (AvgIpc) is 0.723. The molecule has 18 heteroatoms. The third-order valence-corrected chi connectivity index (χ3v) is 19.0. The second-order valence-corrected chi connectivity index (χ2v) is 25.6. The Hall–Kier alpha value is -12.2. The molecule has 5 N–H and O–H groups in total. The summed E-state index contributed by atoms with van der Waals surface area (Å²) in [4.78, 5) is 49.9. The molecule has 0 spiro atoms. The van der Waals surface area contributed by atoms with Crippen LogP contribution in [0, 0.1) is 30.2 Å². The normalized spacial score (nSPS) is 14.1. The van der Waals surface area contributed by atoms with Gasteiger partial charge in [-0.1, -0.05) is 140 Å². The van der Waals surface area contributed by atoms with E-state index in [-0.39, 0.29) is 17.9 Å². The standard InChI is InChI=1S/C85H77F4N13O/c1-6-85(63-20-11-8-12-21-63,84-95-46-16-47-96-84)99-78-73(41-50-92-77(78)62-29-33-65(87)34-30-62)102-80(72(54-70(83(102)97-56(3)103)59-27-31-64(86)32-28-59)98-79(82-93-44-15-45-94-82)76(90)61-25-23-55(2)24-26-61)69-37-38-71(89)75(68-36-35-66(88)53-74(68)100(4)51-42-57-17-9-7-10-18-57)81(69)101(5)52-43-58-19-13-14-22-67(58)60-39-48-91-49-40-60/h7-41,44-50,53-54,76,79-80,98-99H,6,42-43,51-52,90H2,1-5H3,(H,97,103). The first-order chi connectivity index (χ1) is 50.2. The summed E-state index contributed by atoms with van der Waals surface area (Å²) in [5, 5.41) is 11.3. The van der Waals surface area contributed by atoms with Crippen LogP contribution < -0.4 is 36.4 Å². The van der Waals surface area contributed by atoms with E-state index in [1.165, 1.54) is 49.4 Å². The molecule has 14 nitrogen and oxygen atoms in total. The molecule has 103 heavy (non-hydrogen) atoms. The molecule has 5 heterocycles. The van der Waals surface area contributed by atoms with Crippen molar-refractivity contribution in [3.63, 3.8) is 0 Å². The SMILES string of the molecule is CCC(Nc1c(N2C(NC(C)=O)=C(c3ccc(F)cc3)C=C(NC(c3ncccn3)C(N)c3ccc(C)cc3)C2c2ccc(F)c(-c3ccc(F)cc3N(C)CCc3ccccc3)c2N(C)CCc2ccccc2-c2ccncc2)ccnc1-c1ccc(F)cc1)(c1ccccc1)c1ncccn1. The summed E-state index contributed by atoms with van der Waals surface area (Å²) in [6.07, 6.45) is 15.1. The van der Waals surface area contributed by atoms with E-state index in [2.05, 4.69) is 33.1 Å². The maximum atomic E-state index is 18.8. The first kappa shape index (κ1) is 69.3. The number of benzene rings is 8. The number of anilines is 4. The van der Waals surface area contributed by atoms with Gasteiger partial charge in [-0.3, -0.25) is 14.8 Å². The molecular weight excluding hydrogens is 1300 g/mol. The van der Waals surface area contributed by atoms with Crippen LogP contribution in [0.4, 0.5) is 40.3 Å². The number of pyridine rings is 2. The lowest BCUT2D eigenvalue weighted by Gasteiger charge is -2.45. The van der Waals surface area contributed by atoms with Crippen molar-refractivity contribution in [1.82, 2.24) is 40.5 Å². The Morgan fingerprint density at radius 2 is 1.24 bits per heavy atom. The molecule has 0 bridgehead atoms. The van der Waals surface area contributed by atoms with Crippen LogP contribution in [0.1, 0.15) is 89.0 Å². The smallest absolute Gasteiger partial charge is 0.222 e. The van der Waals surface area contributed by atoms with Gasteiger partial charge in [-0.05, 0) is 162 Å². The maximum Gasteiger partial charge on any atom is 0.222 e. The topological polar surface area (TPSA) is 166 Å². The number of carbonyl (C=O) groups excluding carboxylic acids is 1. The summed E-state index contributed by atoms with van der Waals surface area (Å²) in [7, 11) is 3.80. The Labute approximate surface area is 597 Å². The fraction of sp³-hybridized carbons (Fsp3) is 0.165. The van der Waals surface area contributed by atoms with Crippen molar-refractivity contribution in [3.05, 3.63) is 353 Å². The molecular formula is C85H77F4N13O. The summed E-state index contributed by atoms with van der Waals surface area (Å²) < 4.78 is 66.3. The summed E-state index contributed by atoms with van der Waals surface area (Å²) >= 11 is 0. The second-order valence-electron chi connectivity index (χ2n) is 25.6. The molecule has 12 aromatic rings. The molecule has 4 atom stereocenters. The summed E-state index contributed by atoms with van der Waals surface area (Å²) in [6.45, 7) is 6.14. The minimum atomic E-state index is -1.27. The lowest BCUT2D eigenvalue weighted by Crippen LogP contribution is -2.46. The Kier molecular flexibility index (Phi) is 21.0. The number of hydrogen-bond acceptors (Lipinski definition) is 13. The van der Waals surface area contributed by atoms with Crippen LogP contribution in [0.2, 0.25) is 0 Å². The third-order valence-electron chi connectivity index (χ3n) is 19.0. The molecule has 1 aliphatic heterocycles. The number of carbonyl (C=O) groups is 1. The minimum absolute atomic E-state index is 0.146. The van der Waals surface area contributed by atoms with Gasteiger partial charge in [-0.25, -0.2) is 37.5 Å². The fourth-order valence-corrected chi connectivity index (χ4v) is 13.8. The van der Waals surface area contributed by atoms with E-state index in [9.17, 15) is 4.79 Å². The summed E-state index contributed by atoms with van der Waals surface area (Å²) in [6, 6.07) is 61.6. The quantitative estimate of drug-likeness (QED) is 0.0400. The number of halogens is 4. The van der Waals surface area contributed by atoms with Gasteiger partial charge >= 0.3 is 0 Å². The monoisotopic (exact) mass is 1370 g/mol. The Bertz CT molecular complexity index is 4940. The number of aromatic nitrogens is 6. The number of hydrogen-bond donors (Lipinski definition) is 4. The van der Waals surface area contributed by atoms with E-state index >= 15 is 17.6 Å². The van der Waals surface area contributed by atoms with E-state index in [1.54, 1.807) is 91.9 Å². The lowest BCUT2D eigenvalue weighted by atomic mass is 9.84. The highest BCUT2D eigenvalue weighted by atomic mass is 19.1. The molecule has 1 amide bonds. The van der Waals surface area contributed by atoms with Crippen LogP contribution in [-0.4, -0.2) is 63.0 Å². The highest BCUT2D eigenvalue weighted by Gasteiger charge is 2.44. The second kappa shape index (κ2) is 31.2. The minimum Gasteiger partial charge on any atom is -0.375 e. The number of nitrogens with two attached hydrogens (primary N) is 1. The molecule has 0 saturated heterocycles. The molecule has 0 fully saturated rings. The van der Waals surface area contributed by atoms with E-state index in [4.69, 9.17) is 30.7 Å². The van der Waals surface area contributed by atoms with Crippen LogP contribution in [-0.2, 0) is 23.2 Å². The number of allylic oxidation sites excluding steroid dienone is 2. The molecule has 4 unspecified atom stereocenters. The average molecular weight is 1370 g/mol. The van der Waals surface area contributed by atoms with E-state index in [0.29, 0.717) is 99.4 Å². The van der Waals surface area contributed by atoms with Crippen molar-refractivity contribution in [2.24, 2.45) is 5.73 Å². The van der Waals surface area contributed by atoms with Crippen molar-refractivity contribution >= 4 is 34.2 Å². The number of nitrogens with one attached hydrogen (secondary N) is 3. The van der Waals surface area contributed by atoms with Crippen molar-refractivity contribution in [1.29, 1.82) is 0 Å². The largest absolute Gasteiger partial charge is 0.375 e. The zero-order valence-electron chi connectivity index (χ0n) is 57.7. The molecule has 0 radical (unpaired) electrons. The van der Waals surface area contributed by atoms with Gasteiger partial charge in [-0.2, -0.15) is 0 Å². The first-order valence-electron chi connectivity index (χ1n) is 34.2. The number of likely N-dealkylation sites (N-methyl/N-ethyl adjacent to an activating group) is 2. The van der Waals surface area contributed by atoms with Gasteiger partial charge in [0.1, 0.15) is 46.7 Å². The van der Waals surface area contributed by atoms with Gasteiger partial charge in [0.15, 0.2) is 11.6 Å². The zero-order valence-corrected chi connectivity index (χ0v) is 57.7. The summed E-state index contributed by atoms with van der Waals surface area (Å²) in [5.74, 6) is -1.67. The van der Waals surface area contributed by atoms with E-state index in [1.807, 2.05) is 164 Å². The number of rotatable bonds is 25. The van der Waals surface area contributed by atoms with Crippen molar-refractivity contribution in [2.75, 3.05) is 47.2 Å². The van der Waals surface area contributed by atoms with Gasteiger partial charge in [0, 0.05) is 117 Å². The first-order valence-corrected chi connectivity index (χ1v) is 34.2. The van der Waals surface area contributed by atoms with Crippen LogP contribution in [0.25, 0.3) is 39.1 Å². The number of nitrogens with zero attached hydrogens (tertiary/aromatic N) is 9. The van der Waals surface area contributed by atoms with Gasteiger partial charge in [-0.15, -0.1) is 0 Å². The molecule has 1 aliphatic rings. The van der Waals surface area contributed by atoms with Crippen LogP contribution >= 0.6 is 0 Å². The molecule has 8 aromatic carbocycles. The van der Waals surface area contributed by atoms with E-state index in [0.717, 1.165) is 38.9 Å². The molecule has 0 aliphatic carbocycles. The van der Waals surface area contributed by atoms with Crippen molar-refractivity contribution < 1.29 is 22.4 Å². The van der Waals surface area contributed by atoms with Gasteiger partial charge < -0.3 is 36.4 Å². The third kappa shape index (κ3) is 15.0. The highest BCUT2D eigenvalue weighted by molar-refractivity contribution is 5.95. The molecule has 516 valence electrons. The van der Waals surface area contributed by atoms with Gasteiger partial charge in [0.2, 0.25) is 5.91 Å².